The van der Waals surface area contributed by atoms with Crippen molar-refractivity contribution in [3.63, 3.8) is 0 Å². The molecule has 0 saturated carbocycles. The topological polar surface area (TPSA) is 20.2 Å². The maximum Gasteiger partial charge on any atom is 0.0563 e. The molecule has 0 aliphatic carbocycles. The van der Waals surface area contributed by atoms with Gasteiger partial charge < -0.3 is 5.11 Å². The van der Waals surface area contributed by atoms with E-state index in [0.717, 1.165) is 0 Å². The van der Waals surface area contributed by atoms with E-state index in [9.17, 15) is 0 Å². The van der Waals surface area contributed by atoms with Crippen molar-refractivity contribution < 1.29 is 5.11 Å². The molecule has 0 aromatic heterocycles. The predicted molar refractivity (Wildman–Crippen MR) is 33.3 cm³/mol. The van der Waals surface area contributed by atoms with Gasteiger partial charge in [0.25, 0.3) is 0 Å². The Morgan fingerprint density at radius 1 is 1.00 bits per heavy atom. The van der Waals surface area contributed by atoms with Crippen LogP contribution in [0.4, 0.5) is 0 Å². The van der Waals surface area contributed by atoms with Gasteiger partial charge >= 0.3 is 0 Å². The van der Waals surface area contributed by atoms with E-state index in [1.807, 2.05) is 13.8 Å². The Hall–Kier alpha value is -0.0400. The maximum absolute atomic E-state index is 8.52. The molecule has 0 spiro atoms. The summed E-state index contributed by atoms with van der Waals surface area (Å²) in [5.74, 6) is 0. The summed E-state index contributed by atoms with van der Waals surface area (Å²) >= 11 is 0. The fourth-order valence-corrected chi connectivity index (χ4v) is 0. The van der Waals surface area contributed by atoms with Gasteiger partial charge in [-0.3, -0.25) is 0 Å². The molecule has 1 N–H and O–H groups in total. The average molecular weight is 104 g/mol. The average Bonchev–Trinajstić information content (AvgIpc) is 1.36. The Balaban J connectivity index is 0. The lowest BCUT2D eigenvalue weighted by molar-refractivity contribution is 0.102. The number of hydrogen-bond acceptors (Lipinski definition) is 1. The van der Waals surface area contributed by atoms with E-state index >= 15 is 0 Å². The lowest BCUT2D eigenvalue weighted by Gasteiger charge is -2.04. The van der Waals surface area contributed by atoms with Gasteiger partial charge in [0, 0.05) is 0 Å². The van der Waals surface area contributed by atoms with Crippen LogP contribution in [0.2, 0.25) is 0 Å². The summed E-state index contributed by atoms with van der Waals surface area (Å²) in [6, 6.07) is 0. The van der Waals surface area contributed by atoms with E-state index in [-0.39, 0.29) is 0 Å². The third-order valence-corrected chi connectivity index (χ3v) is 0. The third-order valence-electron chi connectivity index (χ3n) is 0. The Kier molecular flexibility index (Phi) is 5.93. The molecule has 46 valence electrons. The van der Waals surface area contributed by atoms with Gasteiger partial charge in [-0.15, -0.1) is 0 Å². The molecule has 1 nitrogen and oxygen atoms in total. The smallest absolute Gasteiger partial charge is 0.0563 e. The van der Waals surface area contributed by atoms with Crippen LogP contribution >= 0.6 is 0 Å². The van der Waals surface area contributed by atoms with Gasteiger partial charge in [-0.1, -0.05) is 13.8 Å². The van der Waals surface area contributed by atoms with E-state index in [1.54, 1.807) is 20.8 Å². The summed E-state index contributed by atoms with van der Waals surface area (Å²) in [6.45, 7) is 9.23. The Morgan fingerprint density at radius 2 is 1.00 bits per heavy atom. The van der Waals surface area contributed by atoms with Crippen molar-refractivity contribution >= 4 is 0 Å². The zero-order valence-electron chi connectivity index (χ0n) is 5.95. The Bertz CT molecular complexity index is 19.7. The van der Waals surface area contributed by atoms with Crippen LogP contribution < -0.4 is 0 Å². The van der Waals surface area contributed by atoms with Crippen LogP contribution in [0.3, 0.4) is 0 Å². The van der Waals surface area contributed by atoms with Crippen molar-refractivity contribution in [2.45, 2.75) is 40.2 Å². The molecule has 0 unspecified atom stereocenters. The fourth-order valence-electron chi connectivity index (χ4n) is 0. The molecule has 0 aliphatic heterocycles. The zero-order chi connectivity index (χ0) is 6.50. The minimum absolute atomic E-state index is 0.500. The van der Waals surface area contributed by atoms with E-state index < -0.39 is 5.60 Å². The molecular weight excluding hydrogens is 88.1 g/mol. The lowest BCUT2D eigenvalue weighted by atomic mass is 10.2. The van der Waals surface area contributed by atoms with Crippen LogP contribution in [0.15, 0.2) is 0 Å². The molecule has 7 heavy (non-hydrogen) atoms. The number of hydrogen-bond donors (Lipinski definition) is 1. The van der Waals surface area contributed by atoms with Crippen LogP contribution in [0, 0.1) is 0 Å². The van der Waals surface area contributed by atoms with Gasteiger partial charge in [-0.25, -0.2) is 0 Å². The van der Waals surface area contributed by atoms with E-state index in [1.165, 1.54) is 0 Å². The lowest BCUT2D eigenvalue weighted by Crippen LogP contribution is -2.10. The first kappa shape index (κ1) is 10.0. The van der Waals surface area contributed by atoms with E-state index in [0.29, 0.717) is 0 Å². The molecule has 0 aromatic rings. The summed E-state index contributed by atoms with van der Waals surface area (Å²) < 4.78 is 0. The van der Waals surface area contributed by atoms with Crippen LogP contribution in [0.25, 0.3) is 0 Å². The first-order chi connectivity index (χ1) is 3.00. The Morgan fingerprint density at radius 3 is 1.00 bits per heavy atom. The van der Waals surface area contributed by atoms with Gasteiger partial charge in [0.1, 0.15) is 0 Å². The van der Waals surface area contributed by atoms with Gasteiger partial charge in [0.15, 0.2) is 0 Å². The molecule has 1 heteroatoms. The summed E-state index contributed by atoms with van der Waals surface area (Å²) in [4.78, 5) is 0. The van der Waals surface area contributed by atoms with Crippen molar-refractivity contribution in [3.05, 3.63) is 0 Å². The summed E-state index contributed by atoms with van der Waals surface area (Å²) in [7, 11) is 0. The molecule has 0 amide bonds. The summed E-state index contributed by atoms with van der Waals surface area (Å²) in [5, 5.41) is 8.52. The molecule has 0 saturated heterocycles. The minimum Gasteiger partial charge on any atom is -0.391 e. The van der Waals surface area contributed by atoms with Crippen LogP contribution in [-0.4, -0.2) is 10.7 Å². The second-order valence-corrected chi connectivity index (χ2v) is 2.17. The van der Waals surface area contributed by atoms with Crippen molar-refractivity contribution in [3.8, 4) is 0 Å². The molecule has 0 rings (SSSR count). The summed E-state index contributed by atoms with van der Waals surface area (Å²) in [6.07, 6.45) is 0. The van der Waals surface area contributed by atoms with Crippen LogP contribution in [0.1, 0.15) is 34.6 Å². The highest BCUT2D eigenvalue weighted by molar-refractivity contribution is 4.50. The molecule has 0 heterocycles. The molecule has 0 radical (unpaired) electrons. The highest BCUT2D eigenvalue weighted by Gasteiger charge is 1.97. The van der Waals surface area contributed by atoms with Gasteiger partial charge in [0.05, 0.1) is 5.60 Å². The first-order valence-electron chi connectivity index (χ1n) is 2.72. The summed E-state index contributed by atoms with van der Waals surface area (Å²) in [5.41, 5.74) is -0.500. The molecular formula is C6H16O. The highest BCUT2D eigenvalue weighted by atomic mass is 16.3. The maximum atomic E-state index is 8.52. The van der Waals surface area contributed by atoms with Gasteiger partial charge in [0.2, 0.25) is 0 Å². The second-order valence-electron chi connectivity index (χ2n) is 2.17. The number of aliphatic hydroxyl groups is 1. The quantitative estimate of drug-likeness (QED) is 0.497. The van der Waals surface area contributed by atoms with E-state index in [2.05, 4.69) is 0 Å². The largest absolute Gasteiger partial charge is 0.391 e. The zero-order valence-corrected chi connectivity index (χ0v) is 5.95. The fraction of sp³-hybridized carbons (Fsp3) is 1.00. The highest BCUT2D eigenvalue weighted by Crippen LogP contribution is 1.93. The van der Waals surface area contributed by atoms with Crippen LogP contribution in [0.5, 0.6) is 0 Å². The minimum atomic E-state index is -0.500. The molecule has 0 bridgehead atoms. The van der Waals surface area contributed by atoms with Crippen molar-refractivity contribution in [2.24, 2.45) is 0 Å². The Labute approximate surface area is 46.4 Å². The molecule has 0 aliphatic rings. The predicted octanol–water partition coefficient (Wildman–Crippen LogP) is 1.80. The van der Waals surface area contributed by atoms with Crippen molar-refractivity contribution in [1.29, 1.82) is 0 Å². The van der Waals surface area contributed by atoms with Gasteiger partial charge in [-0.2, -0.15) is 0 Å². The van der Waals surface area contributed by atoms with E-state index in [4.69, 9.17) is 5.11 Å². The monoisotopic (exact) mass is 104 g/mol. The first-order valence-corrected chi connectivity index (χ1v) is 2.72. The second kappa shape index (κ2) is 4.13. The SMILES string of the molecule is CC.CC(C)(C)O. The standard InChI is InChI=1S/C4H10O.C2H6/c1-4(2,3)5;1-2/h5H,1-3H3;1-2H3. The van der Waals surface area contributed by atoms with Crippen molar-refractivity contribution in [2.75, 3.05) is 0 Å². The molecule has 0 atom stereocenters. The molecule has 0 fully saturated rings. The normalized spacial score (nSPS) is 9.43. The molecule has 0 aromatic carbocycles. The third kappa shape index (κ3) is 58400. The van der Waals surface area contributed by atoms with Crippen LogP contribution in [-0.2, 0) is 0 Å². The van der Waals surface area contributed by atoms with Gasteiger partial charge in [-0.05, 0) is 20.8 Å². The number of rotatable bonds is 0. The van der Waals surface area contributed by atoms with Crippen molar-refractivity contribution in [1.82, 2.24) is 0 Å².